The standard InChI is InChI=1S/C17H15ClO2/c1-11-9-13(10-12(2)17(11)20)3-8-16(19)14-4-6-15(18)7-5-14/h3-10,20H,1-2H3. The van der Waals surface area contributed by atoms with Crippen LogP contribution in [0, 0.1) is 13.8 Å². The molecule has 0 saturated carbocycles. The summed E-state index contributed by atoms with van der Waals surface area (Å²) in [6.45, 7) is 3.67. The Morgan fingerprint density at radius 3 is 2.20 bits per heavy atom. The van der Waals surface area contributed by atoms with E-state index in [4.69, 9.17) is 11.6 Å². The van der Waals surface area contributed by atoms with Crippen LogP contribution in [0.25, 0.3) is 6.08 Å². The number of phenolic OH excluding ortho intramolecular Hbond substituents is 1. The lowest BCUT2D eigenvalue weighted by molar-refractivity contribution is 0.104. The van der Waals surface area contributed by atoms with Gasteiger partial charge >= 0.3 is 0 Å². The second kappa shape index (κ2) is 5.93. The molecule has 20 heavy (non-hydrogen) atoms. The first kappa shape index (κ1) is 14.4. The Morgan fingerprint density at radius 2 is 1.65 bits per heavy atom. The van der Waals surface area contributed by atoms with E-state index in [1.54, 1.807) is 30.3 Å². The van der Waals surface area contributed by atoms with Crippen LogP contribution in [-0.4, -0.2) is 10.9 Å². The number of hydrogen-bond donors (Lipinski definition) is 1. The van der Waals surface area contributed by atoms with E-state index in [2.05, 4.69) is 0 Å². The van der Waals surface area contributed by atoms with Gasteiger partial charge in [-0.2, -0.15) is 0 Å². The number of phenols is 1. The number of carbonyl (C=O) groups is 1. The Balaban J connectivity index is 2.21. The fourth-order valence-corrected chi connectivity index (χ4v) is 2.09. The average Bonchev–Trinajstić information content (AvgIpc) is 2.42. The number of rotatable bonds is 3. The van der Waals surface area contributed by atoms with Gasteiger partial charge in [0.1, 0.15) is 5.75 Å². The molecule has 0 atom stereocenters. The van der Waals surface area contributed by atoms with Crippen LogP contribution < -0.4 is 0 Å². The summed E-state index contributed by atoms with van der Waals surface area (Å²) in [5.74, 6) is 0.219. The molecule has 0 aliphatic carbocycles. The lowest BCUT2D eigenvalue weighted by atomic mass is 10.0. The Labute approximate surface area is 123 Å². The molecule has 1 N–H and O–H groups in total. The lowest BCUT2D eigenvalue weighted by Gasteiger charge is -2.04. The van der Waals surface area contributed by atoms with Gasteiger partial charge in [0.25, 0.3) is 0 Å². The van der Waals surface area contributed by atoms with Gasteiger partial charge in [-0.25, -0.2) is 0 Å². The third kappa shape index (κ3) is 3.28. The molecule has 0 bridgehead atoms. The highest BCUT2D eigenvalue weighted by Gasteiger charge is 2.03. The molecule has 0 aromatic heterocycles. The minimum absolute atomic E-state index is 0.0787. The van der Waals surface area contributed by atoms with E-state index in [9.17, 15) is 9.90 Å². The highest BCUT2D eigenvalue weighted by molar-refractivity contribution is 6.30. The van der Waals surface area contributed by atoms with Crippen LogP contribution >= 0.6 is 11.6 Å². The second-order valence-electron chi connectivity index (χ2n) is 4.71. The molecule has 0 saturated heterocycles. The number of ketones is 1. The monoisotopic (exact) mass is 286 g/mol. The van der Waals surface area contributed by atoms with Gasteiger partial charge in [-0.3, -0.25) is 4.79 Å². The van der Waals surface area contributed by atoms with Crippen molar-refractivity contribution in [2.45, 2.75) is 13.8 Å². The van der Waals surface area contributed by atoms with Gasteiger partial charge in [-0.05, 0) is 73.0 Å². The Bertz CT molecular complexity index is 647. The first-order valence-electron chi connectivity index (χ1n) is 6.25. The predicted molar refractivity (Wildman–Crippen MR) is 82.4 cm³/mol. The van der Waals surface area contributed by atoms with Crippen molar-refractivity contribution in [3.63, 3.8) is 0 Å². The molecule has 0 aliphatic heterocycles. The van der Waals surface area contributed by atoms with Crippen LogP contribution in [0.5, 0.6) is 5.75 Å². The largest absolute Gasteiger partial charge is 0.507 e. The van der Waals surface area contributed by atoms with Crippen LogP contribution in [0.4, 0.5) is 0 Å². The van der Waals surface area contributed by atoms with E-state index < -0.39 is 0 Å². The van der Waals surface area contributed by atoms with Crippen molar-refractivity contribution in [1.29, 1.82) is 0 Å². The first-order valence-corrected chi connectivity index (χ1v) is 6.63. The lowest BCUT2D eigenvalue weighted by Crippen LogP contribution is -1.93. The number of allylic oxidation sites excluding steroid dienone is 1. The number of carbonyl (C=O) groups excluding carboxylic acids is 1. The normalized spacial score (nSPS) is 10.9. The molecule has 102 valence electrons. The van der Waals surface area contributed by atoms with Crippen LogP contribution in [-0.2, 0) is 0 Å². The fourth-order valence-electron chi connectivity index (χ4n) is 1.97. The molecule has 2 rings (SSSR count). The molecule has 2 nitrogen and oxygen atoms in total. The number of hydrogen-bond acceptors (Lipinski definition) is 2. The average molecular weight is 287 g/mol. The van der Waals surface area contributed by atoms with Gasteiger partial charge in [0.2, 0.25) is 0 Å². The molecule has 2 aromatic rings. The molecule has 3 heteroatoms. The molecular weight excluding hydrogens is 272 g/mol. The van der Waals surface area contributed by atoms with E-state index in [0.29, 0.717) is 16.3 Å². The summed E-state index contributed by atoms with van der Waals surface area (Å²) in [5, 5.41) is 10.3. The Hall–Kier alpha value is -2.06. The summed E-state index contributed by atoms with van der Waals surface area (Å²) in [7, 11) is 0. The zero-order valence-corrected chi connectivity index (χ0v) is 12.1. The summed E-state index contributed by atoms with van der Waals surface area (Å²) in [5.41, 5.74) is 3.07. The molecule has 0 unspecified atom stereocenters. The zero-order valence-electron chi connectivity index (χ0n) is 11.4. The van der Waals surface area contributed by atoms with Crippen molar-refractivity contribution in [2.24, 2.45) is 0 Å². The summed E-state index contributed by atoms with van der Waals surface area (Å²) < 4.78 is 0. The molecular formula is C17H15ClO2. The first-order chi connectivity index (χ1) is 9.47. The summed E-state index contributed by atoms with van der Waals surface area (Å²) >= 11 is 5.79. The minimum atomic E-state index is -0.0787. The summed E-state index contributed by atoms with van der Waals surface area (Å²) in [4.78, 5) is 12.0. The quantitative estimate of drug-likeness (QED) is 0.663. The van der Waals surface area contributed by atoms with Gasteiger partial charge in [0.05, 0.1) is 0 Å². The molecule has 0 spiro atoms. The van der Waals surface area contributed by atoms with E-state index >= 15 is 0 Å². The smallest absolute Gasteiger partial charge is 0.185 e. The van der Waals surface area contributed by atoms with Crippen molar-refractivity contribution < 1.29 is 9.90 Å². The molecule has 0 radical (unpaired) electrons. The number of aryl methyl sites for hydroxylation is 2. The maximum atomic E-state index is 12.0. The molecule has 0 heterocycles. The van der Waals surface area contributed by atoms with Gasteiger partial charge in [0, 0.05) is 10.6 Å². The van der Waals surface area contributed by atoms with Crippen LogP contribution in [0.1, 0.15) is 27.0 Å². The van der Waals surface area contributed by atoms with E-state index in [1.165, 1.54) is 6.08 Å². The van der Waals surface area contributed by atoms with Gasteiger partial charge in [0.15, 0.2) is 5.78 Å². The maximum absolute atomic E-state index is 12.0. The van der Waals surface area contributed by atoms with Crippen molar-refractivity contribution in [2.75, 3.05) is 0 Å². The van der Waals surface area contributed by atoms with Crippen LogP contribution in [0.3, 0.4) is 0 Å². The number of benzene rings is 2. The zero-order chi connectivity index (χ0) is 14.7. The third-order valence-electron chi connectivity index (χ3n) is 3.07. The van der Waals surface area contributed by atoms with Gasteiger partial charge in [-0.15, -0.1) is 0 Å². The van der Waals surface area contributed by atoms with Gasteiger partial charge in [-0.1, -0.05) is 17.7 Å². The van der Waals surface area contributed by atoms with Crippen LogP contribution in [0.2, 0.25) is 5.02 Å². The van der Waals surface area contributed by atoms with E-state index in [1.807, 2.05) is 26.0 Å². The predicted octanol–water partition coefficient (Wildman–Crippen LogP) is 4.56. The Morgan fingerprint density at radius 1 is 1.10 bits per heavy atom. The molecule has 0 amide bonds. The third-order valence-corrected chi connectivity index (χ3v) is 3.32. The van der Waals surface area contributed by atoms with Crippen LogP contribution in [0.15, 0.2) is 42.5 Å². The van der Waals surface area contributed by atoms with E-state index in [-0.39, 0.29) is 5.78 Å². The van der Waals surface area contributed by atoms with Crippen molar-refractivity contribution in [1.82, 2.24) is 0 Å². The van der Waals surface area contributed by atoms with Gasteiger partial charge < -0.3 is 5.11 Å². The molecule has 2 aromatic carbocycles. The summed E-state index contributed by atoms with van der Waals surface area (Å²) in [6.07, 6.45) is 3.27. The van der Waals surface area contributed by atoms with E-state index in [0.717, 1.165) is 16.7 Å². The minimum Gasteiger partial charge on any atom is -0.507 e. The highest BCUT2D eigenvalue weighted by Crippen LogP contribution is 2.23. The summed E-state index contributed by atoms with van der Waals surface area (Å²) in [6, 6.07) is 10.5. The topological polar surface area (TPSA) is 37.3 Å². The van der Waals surface area contributed by atoms with Crippen molar-refractivity contribution in [3.05, 3.63) is 69.8 Å². The Kier molecular flexibility index (Phi) is 4.26. The second-order valence-corrected chi connectivity index (χ2v) is 5.14. The maximum Gasteiger partial charge on any atom is 0.185 e. The molecule has 0 aliphatic rings. The fraction of sp³-hybridized carbons (Fsp3) is 0.118. The highest BCUT2D eigenvalue weighted by atomic mass is 35.5. The van der Waals surface area contributed by atoms with Crippen molar-refractivity contribution in [3.8, 4) is 5.75 Å². The number of halogens is 1. The SMILES string of the molecule is Cc1cc(C=CC(=O)c2ccc(Cl)cc2)cc(C)c1O. The number of aromatic hydroxyl groups is 1. The molecule has 0 fully saturated rings. The van der Waals surface area contributed by atoms with Crippen molar-refractivity contribution >= 4 is 23.5 Å².